The lowest BCUT2D eigenvalue weighted by molar-refractivity contribution is 0.0711. The van der Waals surface area contributed by atoms with Gasteiger partial charge in [-0.3, -0.25) is 0 Å². The maximum Gasteiger partial charge on any atom is 0.123 e. The van der Waals surface area contributed by atoms with E-state index in [9.17, 15) is 5.11 Å². The van der Waals surface area contributed by atoms with Crippen molar-refractivity contribution in [1.82, 2.24) is 14.5 Å². The fourth-order valence-electron chi connectivity index (χ4n) is 4.33. The van der Waals surface area contributed by atoms with Crippen LogP contribution in [-0.4, -0.2) is 19.6 Å². The Balaban J connectivity index is 1.62. The predicted octanol–water partition coefficient (Wildman–Crippen LogP) is 2.73. The van der Waals surface area contributed by atoms with Gasteiger partial charge in [-0.1, -0.05) is 30.3 Å². The van der Waals surface area contributed by atoms with Crippen molar-refractivity contribution in [2.75, 3.05) is 5.73 Å². The van der Waals surface area contributed by atoms with E-state index in [2.05, 4.69) is 38.8 Å². The Morgan fingerprint density at radius 3 is 2.92 bits per heavy atom. The van der Waals surface area contributed by atoms with Crippen molar-refractivity contribution in [3.8, 4) is 11.3 Å². The number of rotatable bonds is 1. The van der Waals surface area contributed by atoms with E-state index >= 15 is 0 Å². The molecule has 120 valence electrons. The van der Waals surface area contributed by atoms with Gasteiger partial charge in [-0.15, -0.1) is 0 Å². The zero-order chi connectivity index (χ0) is 16.3. The minimum Gasteiger partial charge on any atom is -0.388 e. The third-order valence-electron chi connectivity index (χ3n) is 5.40. The summed E-state index contributed by atoms with van der Waals surface area (Å²) in [5, 5.41) is 11.0. The summed E-state index contributed by atoms with van der Waals surface area (Å²) in [7, 11) is 0. The minimum absolute atomic E-state index is 0.0968. The SMILES string of the molecule is Nc1ccc2c(n1)CC[C@H]([C@@H]1c3ccccc3-c3cncn31)[C@@H]2O. The Labute approximate surface area is 139 Å². The van der Waals surface area contributed by atoms with Gasteiger partial charge in [0.1, 0.15) is 5.82 Å². The number of aliphatic hydroxyl groups excluding tert-OH is 1. The molecule has 2 aliphatic rings. The third-order valence-corrected chi connectivity index (χ3v) is 5.40. The number of imidazole rings is 1. The first kappa shape index (κ1) is 13.7. The monoisotopic (exact) mass is 318 g/mol. The molecule has 24 heavy (non-hydrogen) atoms. The summed E-state index contributed by atoms with van der Waals surface area (Å²) in [5.74, 6) is 0.613. The van der Waals surface area contributed by atoms with Crippen LogP contribution in [0.1, 0.15) is 35.4 Å². The molecule has 1 aliphatic heterocycles. The smallest absolute Gasteiger partial charge is 0.123 e. The number of nitrogens with zero attached hydrogens (tertiary/aromatic N) is 3. The normalized spacial score (nSPS) is 24.3. The van der Waals surface area contributed by atoms with E-state index < -0.39 is 6.10 Å². The minimum atomic E-state index is -0.548. The molecule has 2 aromatic heterocycles. The highest BCUT2D eigenvalue weighted by atomic mass is 16.3. The molecule has 1 aromatic carbocycles. The van der Waals surface area contributed by atoms with Crippen LogP contribution in [0.4, 0.5) is 5.82 Å². The van der Waals surface area contributed by atoms with Crippen LogP contribution in [0.5, 0.6) is 0 Å². The summed E-state index contributed by atoms with van der Waals surface area (Å²) in [5.41, 5.74) is 11.2. The van der Waals surface area contributed by atoms with Crippen LogP contribution in [0.25, 0.3) is 11.3 Å². The van der Waals surface area contributed by atoms with Crippen molar-refractivity contribution in [2.45, 2.75) is 25.0 Å². The van der Waals surface area contributed by atoms with Gasteiger partial charge >= 0.3 is 0 Å². The van der Waals surface area contributed by atoms with Gasteiger partial charge in [-0.25, -0.2) is 9.97 Å². The van der Waals surface area contributed by atoms with E-state index in [0.717, 1.165) is 29.8 Å². The molecule has 0 saturated heterocycles. The Kier molecular flexibility index (Phi) is 2.82. The number of fused-ring (bicyclic) bond motifs is 4. The molecule has 3 N–H and O–H groups in total. The van der Waals surface area contributed by atoms with E-state index in [4.69, 9.17) is 5.73 Å². The van der Waals surface area contributed by atoms with E-state index in [-0.39, 0.29) is 12.0 Å². The molecule has 0 spiro atoms. The number of benzene rings is 1. The number of aryl methyl sites for hydroxylation is 1. The van der Waals surface area contributed by atoms with Gasteiger partial charge in [-0.05, 0) is 24.5 Å². The number of aromatic nitrogens is 3. The number of nitrogens with two attached hydrogens (primary N) is 1. The Bertz CT molecular complexity index is 933. The molecular weight excluding hydrogens is 300 g/mol. The topological polar surface area (TPSA) is 77.0 Å². The van der Waals surface area contributed by atoms with Crippen molar-refractivity contribution in [2.24, 2.45) is 5.92 Å². The highest BCUT2D eigenvalue weighted by Crippen LogP contribution is 2.49. The Hall–Kier alpha value is -2.66. The molecule has 1 aliphatic carbocycles. The van der Waals surface area contributed by atoms with Crippen molar-refractivity contribution in [3.63, 3.8) is 0 Å². The van der Waals surface area contributed by atoms with Crippen molar-refractivity contribution >= 4 is 5.82 Å². The highest BCUT2D eigenvalue weighted by Gasteiger charge is 2.40. The van der Waals surface area contributed by atoms with Gasteiger partial charge in [0.2, 0.25) is 0 Å². The van der Waals surface area contributed by atoms with Gasteiger partial charge in [0.15, 0.2) is 0 Å². The lowest BCUT2D eigenvalue weighted by atomic mass is 9.77. The summed E-state index contributed by atoms with van der Waals surface area (Å²) >= 11 is 0. The summed E-state index contributed by atoms with van der Waals surface area (Å²) in [6, 6.07) is 12.2. The first-order valence-electron chi connectivity index (χ1n) is 8.28. The molecule has 0 saturated carbocycles. The van der Waals surface area contributed by atoms with Crippen molar-refractivity contribution in [3.05, 3.63) is 65.7 Å². The van der Waals surface area contributed by atoms with Crippen LogP contribution in [0.2, 0.25) is 0 Å². The number of hydrogen-bond acceptors (Lipinski definition) is 4. The van der Waals surface area contributed by atoms with Gasteiger partial charge < -0.3 is 15.4 Å². The molecule has 0 amide bonds. The van der Waals surface area contributed by atoms with Gasteiger partial charge in [0.25, 0.3) is 0 Å². The molecule has 3 atom stereocenters. The van der Waals surface area contributed by atoms with Crippen molar-refractivity contribution < 1.29 is 5.11 Å². The first-order chi connectivity index (χ1) is 11.7. The fourth-order valence-corrected chi connectivity index (χ4v) is 4.33. The summed E-state index contributed by atoms with van der Waals surface area (Å²) in [6.07, 6.45) is 4.95. The largest absolute Gasteiger partial charge is 0.388 e. The predicted molar refractivity (Wildman–Crippen MR) is 91.2 cm³/mol. The average Bonchev–Trinajstić information content (AvgIpc) is 3.16. The number of hydrogen-bond donors (Lipinski definition) is 2. The van der Waals surface area contributed by atoms with E-state index in [0.29, 0.717) is 5.82 Å². The molecule has 5 rings (SSSR count). The molecule has 5 heteroatoms. The number of nitrogen functional groups attached to an aromatic ring is 1. The van der Waals surface area contributed by atoms with Crippen LogP contribution >= 0.6 is 0 Å². The second-order valence-electron chi connectivity index (χ2n) is 6.64. The van der Waals surface area contributed by atoms with Crippen LogP contribution in [0.3, 0.4) is 0 Å². The summed E-state index contributed by atoms with van der Waals surface area (Å²) < 4.78 is 2.20. The van der Waals surface area contributed by atoms with Gasteiger partial charge in [0.05, 0.1) is 30.4 Å². The maximum absolute atomic E-state index is 11.0. The van der Waals surface area contributed by atoms with Crippen LogP contribution < -0.4 is 5.73 Å². The second kappa shape index (κ2) is 4.92. The lowest BCUT2D eigenvalue weighted by Crippen LogP contribution is -2.29. The molecule has 5 nitrogen and oxygen atoms in total. The molecule has 3 heterocycles. The molecule has 0 unspecified atom stereocenters. The summed E-state index contributed by atoms with van der Waals surface area (Å²) in [6.45, 7) is 0. The standard InChI is InChI=1S/C19H18N4O/c20-17-8-6-13-15(22-17)7-5-14(19(13)24)18-12-4-2-1-3-11(12)16-9-21-10-23(16)18/h1-4,6,8-10,14,18-19,24H,5,7H2,(H2,20,22)/t14-,18+,19-/m1/s1. The third kappa shape index (κ3) is 1.79. The first-order valence-corrected chi connectivity index (χ1v) is 8.28. The highest BCUT2D eigenvalue weighted by molar-refractivity contribution is 5.69. The number of pyridine rings is 1. The molecule has 0 fully saturated rings. The molecule has 3 aromatic rings. The number of anilines is 1. The Morgan fingerprint density at radius 2 is 2.00 bits per heavy atom. The zero-order valence-corrected chi connectivity index (χ0v) is 13.1. The van der Waals surface area contributed by atoms with Crippen LogP contribution in [0, 0.1) is 5.92 Å². The average molecular weight is 318 g/mol. The van der Waals surface area contributed by atoms with Gasteiger partial charge in [0, 0.05) is 22.7 Å². The quantitative estimate of drug-likeness (QED) is 0.723. The summed E-state index contributed by atoms with van der Waals surface area (Å²) in [4.78, 5) is 8.72. The zero-order valence-electron chi connectivity index (χ0n) is 13.1. The van der Waals surface area contributed by atoms with E-state index in [1.807, 2.05) is 18.6 Å². The van der Waals surface area contributed by atoms with Crippen LogP contribution in [0.15, 0.2) is 48.9 Å². The molecule has 0 bridgehead atoms. The van der Waals surface area contributed by atoms with E-state index in [1.165, 1.54) is 11.1 Å². The number of aliphatic hydroxyl groups is 1. The van der Waals surface area contributed by atoms with E-state index in [1.54, 1.807) is 6.07 Å². The maximum atomic E-state index is 11.0. The molecular formula is C19H18N4O. The fraction of sp³-hybridized carbons (Fsp3) is 0.263. The van der Waals surface area contributed by atoms with Crippen LogP contribution in [-0.2, 0) is 6.42 Å². The molecule has 0 radical (unpaired) electrons. The lowest BCUT2D eigenvalue weighted by Gasteiger charge is -2.34. The Morgan fingerprint density at radius 1 is 1.12 bits per heavy atom. The second-order valence-corrected chi connectivity index (χ2v) is 6.64. The van der Waals surface area contributed by atoms with Gasteiger partial charge in [-0.2, -0.15) is 0 Å². The van der Waals surface area contributed by atoms with Crippen molar-refractivity contribution in [1.29, 1.82) is 0 Å².